The predicted octanol–water partition coefficient (Wildman–Crippen LogP) is 0.594. The molecular weight excluding hydrogens is 250 g/mol. The van der Waals surface area contributed by atoms with Gasteiger partial charge in [0.15, 0.2) is 0 Å². The summed E-state index contributed by atoms with van der Waals surface area (Å²) in [6.45, 7) is 3.51. The number of carbonyl (C=O) groups excluding carboxylic acids is 2. The molecule has 0 N–H and O–H groups in total. The first-order valence-electron chi connectivity index (χ1n) is 6.73. The monoisotopic (exact) mass is 273 g/mol. The molecule has 1 rings (SSSR count). The van der Waals surface area contributed by atoms with E-state index >= 15 is 0 Å². The summed E-state index contributed by atoms with van der Waals surface area (Å²) in [5.74, 6) is -0.471. The Hall–Kier alpha value is -1.14. The first-order valence-corrected chi connectivity index (χ1v) is 6.73. The van der Waals surface area contributed by atoms with Crippen LogP contribution in [-0.2, 0) is 23.8 Å². The smallest absolute Gasteiger partial charge is 0.328 e. The number of amides is 1. The van der Waals surface area contributed by atoms with Crippen LogP contribution in [0.1, 0.15) is 26.2 Å². The van der Waals surface area contributed by atoms with Crippen molar-refractivity contribution in [3.05, 3.63) is 0 Å². The number of hydrogen-bond acceptors (Lipinski definition) is 5. The second kappa shape index (κ2) is 8.87. The summed E-state index contributed by atoms with van der Waals surface area (Å²) in [6.07, 6.45) is 2.53. The molecule has 6 heteroatoms. The summed E-state index contributed by atoms with van der Waals surface area (Å²) in [6, 6.07) is -0.452. The van der Waals surface area contributed by atoms with Gasteiger partial charge in [0.25, 0.3) is 0 Å². The zero-order valence-corrected chi connectivity index (χ0v) is 11.7. The van der Waals surface area contributed by atoms with Gasteiger partial charge in [0, 0.05) is 13.7 Å². The number of ether oxygens (including phenoxy) is 3. The molecule has 1 amide bonds. The van der Waals surface area contributed by atoms with Gasteiger partial charge in [-0.3, -0.25) is 4.79 Å². The van der Waals surface area contributed by atoms with Gasteiger partial charge in [-0.1, -0.05) is 0 Å². The van der Waals surface area contributed by atoms with Crippen molar-refractivity contribution in [3.63, 3.8) is 0 Å². The first-order chi connectivity index (χ1) is 9.20. The molecule has 0 radical (unpaired) electrons. The third-order valence-electron chi connectivity index (χ3n) is 3.04. The van der Waals surface area contributed by atoms with Crippen molar-refractivity contribution >= 4 is 11.9 Å². The van der Waals surface area contributed by atoms with Crippen LogP contribution in [0.15, 0.2) is 0 Å². The van der Waals surface area contributed by atoms with Gasteiger partial charge in [-0.05, 0) is 26.2 Å². The van der Waals surface area contributed by atoms with Gasteiger partial charge in [0.05, 0.1) is 19.8 Å². The van der Waals surface area contributed by atoms with E-state index < -0.39 is 6.04 Å². The Bertz CT molecular complexity index is 295. The summed E-state index contributed by atoms with van der Waals surface area (Å²) >= 11 is 0. The van der Waals surface area contributed by atoms with Crippen LogP contribution in [-0.4, -0.2) is 62.9 Å². The fourth-order valence-corrected chi connectivity index (χ4v) is 2.10. The number of hydrogen-bond donors (Lipinski definition) is 0. The number of piperidine rings is 1. The highest BCUT2D eigenvalue weighted by Crippen LogP contribution is 2.18. The maximum atomic E-state index is 12.0. The van der Waals surface area contributed by atoms with Crippen molar-refractivity contribution in [1.82, 2.24) is 4.90 Å². The van der Waals surface area contributed by atoms with Crippen LogP contribution in [0.5, 0.6) is 0 Å². The Kier molecular flexibility index (Phi) is 7.43. The van der Waals surface area contributed by atoms with E-state index in [1.807, 2.05) is 0 Å². The fourth-order valence-electron chi connectivity index (χ4n) is 2.10. The minimum Gasteiger partial charge on any atom is -0.464 e. The van der Waals surface area contributed by atoms with Crippen LogP contribution in [0, 0.1) is 0 Å². The molecule has 6 nitrogen and oxygen atoms in total. The molecule has 0 spiro atoms. The Balaban J connectivity index is 2.46. The van der Waals surface area contributed by atoms with E-state index in [9.17, 15) is 9.59 Å². The molecule has 1 unspecified atom stereocenters. The average Bonchev–Trinajstić information content (AvgIpc) is 2.43. The lowest BCUT2D eigenvalue weighted by Gasteiger charge is -2.33. The molecule has 110 valence electrons. The predicted molar refractivity (Wildman–Crippen MR) is 68.7 cm³/mol. The Morgan fingerprint density at radius 1 is 1.26 bits per heavy atom. The highest BCUT2D eigenvalue weighted by Gasteiger charge is 2.32. The van der Waals surface area contributed by atoms with Gasteiger partial charge in [-0.25, -0.2) is 4.79 Å². The summed E-state index contributed by atoms with van der Waals surface area (Å²) in [7, 11) is 1.58. The molecule has 1 heterocycles. The van der Waals surface area contributed by atoms with Crippen LogP contribution in [0.25, 0.3) is 0 Å². The Labute approximate surface area is 114 Å². The minimum atomic E-state index is -0.452. The summed E-state index contributed by atoms with van der Waals surface area (Å²) in [4.78, 5) is 25.4. The molecule has 0 aromatic carbocycles. The fraction of sp³-hybridized carbons (Fsp3) is 0.846. The van der Waals surface area contributed by atoms with Crippen LogP contribution in [0.4, 0.5) is 0 Å². The SMILES string of the molecule is CCOC(=O)C1CCCCN1C(=O)COCCOC. The van der Waals surface area contributed by atoms with Crippen molar-refractivity contribution in [3.8, 4) is 0 Å². The lowest BCUT2D eigenvalue weighted by Crippen LogP contribution is -2.50. The maximum absolute atomic E-state index is 12.0. The van der Waals surface area contributed by atoms with Gasteiger partial charge >= 0.3 is 5.97 Å². The zero-order chi connectivity index (χ0) is 14.1. The number of carbonyl (C=O) groups is 2. The van der Waals surface area contributed by atoms with Gasteiger partial charge in [0.2, 0.25) is 5.91 Å². The lowest BCUT2D eigenvalue weighted by atomic mass is 10.0. The van der Waals surface area contributed by atoms with Gasteiger partial charge in [-0.15, -0.1) is 0 Å². The number of esters is 1. The van der Waals surface area contributed by atoms with Crippen molar-refractivity contribution in [2.45, 2.75) is 32.2 Å². The minimum absolute atomic E-state index is 0.0146. The second-order valence-electron chi connectivity index (χ2n) is 4.40. The molecule has 0 aromatic rings. The highest BCUT2D eigenvalue weighted by molar-refractivity contribution is 5.85. The zero-order valence-electron chi connectivity index (χ0n) is 11.7. The Morgan fingerprint density at radius 3 is 2.74 bits per heavy atom. The van der Waals surface area contributed by atoms with Crippen molar-refractivity contribution in [2.24, 2.45) is 0 Å². The van der Waals surface area contributed by atoms with E-state index in [2.05, 4.69) is 0 Å². The molecule has 1 saturated heterocycles. The standard InChI is InChI=1S/C13H23NO5/c1-3-19-13(16)11-6-4-5-7-14(11)12(15)10-18-9-8-17-2/h11H,3-10H2,1-2H3. The first kappa shape index (κ1) is 15.9. The molecule has 19 heavy (non-hydrogen) atoms. The third kappa shape index (κ3) is 5.16. The topological polar surface area (TPSA) is 65.1 Å². The number of rotatable bonds is 7. The van der Waals surface area contributed by atoms with E-state index in [0.29, 0.717) is 32.8 Å². The number of likely N-dealkylation sites (tertiary alicyclic amines) is 1. The molecular formula is C13H23NO5. The Morgan fingerprint density at radius 2 is 2.05 bits per heavy atom. The van der Waals surface area contributed by atoms with Crippen LogP contribution in [0.2, 0.25) is 0 Å². The maximum Gasteiger partial charge on any atom is 0.328 e. The van der Waals surface area contributed by atoms with Crippen LogP contribution >= 0.6 is 0 Å². The summed E-state index contributed by atoms with van der Waals surface area (Å²) in [5, 5.41) is 0. The van der Waals surface area contributed by atoms with Gasteiger partial charge in [-0.2, -0.15) is 0 Å². The molecule has 1 aliphatic rings. The molecule has 1 aliphatic heterocycles. The van der Waals surface area contributed by atoms with Crippen LogP contribution < -0.4 is 0 Å². The van der Waals surface area contributed by atoms with Gasteiger partial charge in [0.1, 0.15) is 12.6 Å². The molecule has 1 atom stereocenters. The number of nitrogens with zero attached hydrogens (tertiary/aromatic N) is 1. The van der Waals surface area contributed by atoms with Gasteiger partial charge < -0.3 is 19.1 Å². The largest absolute Gasteiger partial charge is 0.464 e. The van der Waals surface area contributed by atoms with E-state index in [4.69, 9.17) is 14.2 Å². The van der Waals surface area contributed by atoms with Crippen LogP contribution in [0.3, 0.4) is 0 Å². The normalized spacial score (nSPS) is 19.3. The van der Waals surface area contributed by atoms with E-state index in [1.54, 1.807) is 18.9 Å². The third-order valence-corrected chi connectivity index (χ3v) is 3.04. The quantitative estimate of drug-likeness (QED) is 0.502. The molecule has 0 aromatic heterocycles. The average molecular weight is 273 g/mol. The van der Waals surface area contributed by atoms with Crippen molar-refractivity contribution < 1.29 is 23.8 Å². The summed E-state index contributed by atoms with van der Waals surface area (Å²) < 4.78 is 15.1. The highest BCUT2D eigenvalue weighted by atomic mass is 16.5. The van der Waals surface area contributed by atoms with E-state index in [-0.39, 0.29) is 18.5 Å². The lowest BCUT2D eigenvalue weighted by molar-refractivity contribution is -0.158. The molecule has 0 aliphatic carbocycles. The molecule has 0 saturated carbocycles. The molecule has 0 bridgehead atoms. The second-order valence-corrected chi connectivity index (χ2v) is 4.40. The van der Waals surface area contributed by atoms with Crippen molar-refractivity contribution in [1.29, 1.82) is 0 Å². The van der Waals surface area contributed by atoms with E-state index in [0.717, 1.165) is 12.8 Å². The van der Waals surface area contributed by atoms with Crippen molar-refractivity contribution in [2.75, 3.05) is 40.1 Å². The van der Waals surface area contributed by atoms with E-state index in [1.165, 1.54) is 0 Å². The summed E-state index contributed by atoms with van der Waals surface area (Å²) in [5.41, 5.74) is 0. The molecule has 1 fully saturated rings. The number of methoxy groups -OCH3 is 1.